The molecule has 0 aliphatic heterocycles. The first kappa shape index (κ1) is 18.8. The van der Waals surface area contributed by atoms with Gasteiger partial charge < -0.3 is 15.0 Å². The van der Waals surface area contributed by atoms with E-state index in [1.807, 2.05) is 45.9 Å². The molecule has 0 spiro atoms. The number of benzene rings is 1. The molecule has 2 aromatic rings. The van der Waals surface area contributed by atoms with Crippen molar-refractivity contribution in [3.8, 4) is 0 Å². The van der Waals surface area contributed by atoms with E-state index in [0.29, 0.717) is 25.1 Å². The van der Waals surface area contributed by atoms with Gasteiger partial charge in [0.15, 0.2) is 0 Å². The van der Waals surface area contributed by atoms with E-state index < -0.39 is 0 Å². The molecule has 0 aliphatic rings. The topological polar surface area (TPSA) is 71.2 Å². The summed E-state index contributed by atoms with van der Waals surface area (Å²) in [5.41, 5.74) is 6.39. The summed E-state index contributed by atoms with van der Waals surface area (Å²) in [5.74, 6) is -0.394. The van der Waals surface area contributed by atoms with Crippen LogP contribution in [0.1, 0.15) is 51.8 Å². The lowest BCUT2D eigenvalue weighted by molar-refractivity contribution is -0.116. The SMILES string of the molecule is CCOC(=O)c1[nH]c(C)c(CCC(=O)Nc2ccc(C)c(C)c2)c1C. The number of ether oxygens (including phenoxy) is 1. The van der Waals surface area contributed by atoms with Gasteiger partial charge in [-0.3, -0.25) is 4.79 Å². The molecule has 5 heteroatoms. The highest BCUT2D eigenvalue weighted by Crippen LogP contribution is 2.21. The van der Waals surface area contributed by atoms with E-state index in [9.17, 15) is 9.59 Å². The van der Waals surface area contributed by atoms with Gasteiger partial charge in [0.1, 0.15) is 5.69 Å². The summed E-state index contributed by atoms with van der Waals surface area (Å²) in [6, 6.07) is 5.88. The van der Waals surface area contributed by atoms with Crippen molar-refractivity contribution < 1.29 is 14.3 Å². The summed E-state index contributed by atoms with van der Waals surface area (Å²) in [4.78, 5) is 27.3. The molecule has 0 unspecified atom stereocenters. The van der Waals surface area contributed by atoms with Crippen LogP contribution in [0.15, 0.2) is 18.2 Å². The number of hydrogen-bond acceptors (Lipinski definition) is 3. The number of nitrogens with one attached hydrogen (secondary N) is 2. The Morgan fingerprint density at radius 3 is 2.48 bits per heavy atom. The van der Waals surface area contributed by atoms with Crippen LogP contribution in [0.25, 0.3) is 0 Å². The monoisotopic (exact) mass is 342 g/mol. The van der Waals surface area contributed by atoms with Gasteiger partial charge in [0, 0.05) is 17.8 Å². The highest BCUT2D eigenvalue weighted by Gasteiger charge is 2.18. The fourth-order valence-electron chi connectivity index (χ4n) is 2.85. The summed E-state index contributed by atoms with van der Waals surface area (Å²) in [5, 5.41) is 2.93. The quantitative estimate of drug-likeness (QED) is 0.780. The highest BCUT2D eigenvalue weighted by atomic mass is 16.5. The molecular weight excluding hydrogens is 316 g/mol. The van der Waals surface area contributed by atoms with Crippen LogP contribution in [0.3, 0.4) is 0 Å². The summed E-state index contributed by atoms with van der Waals surface area (Å²) in [6.45, 7) is 9.97. The fourth-order valence-corrected chi connectivity index (χ4v) is 2.85. The van der Waals surface area contributed by atoms with Gasteiger partial charge >= 0.3 is 5.97 Å². The Hall–Kier alpha value is -2.56. The molecule has 1 heterocycles. The van der Waals surface area contributed by atoms with Crippen LogP contribution < -0.4 is 5.32 Å². The minimum atomic E-state index is -0.353. The second-order valence-electron chi connectivity index (χ2n) is 6.30. The molecule has 0 aliphatic carbocycles. The Kier molecular flexibility index (Phi) is 6.02. The summed E-state index contributed by atoms with van der Waals surface area (Å²) >= 11 is 0. The Morgan fingerprint density at radius 2 is 1.84 bits per heavy atom. The van der Waals surface area contributed by atoms with Crippen LogP contribution in [0.4, 0.5) is 5.69 Å². The average Bonchev–Trinajstić information content (AvgIpc) is 2.84. The fraction of sp³-hybridized carbons (Fsp3) is 0.400. The number of aromatic nitrogens is 1. The number of anilines is 1. The maximum absolute atomic E-state index is 12.2. The van der Waals surface area contributed by atoms with Crippen molar-refractivity contribution in [2.24, 2.45) is 0 Å². The van der Waals surface area contributed by atoms with Gasteiger partial charge in [-0.25, -0.2) is 4.79 Å². The van der Waals surface area contributed by atoms with E-state index in [2.05, 4.69) is 10.3 Å². The largest absolute Gasteiger partial charge is 0.461 e. The first-order valence-corrected chi connectivity index (χ1v) is 8.55. The third-order valence-corrected chi connectivity index (χ3v) is 4.47. The molecule has 0 saturated carbocycles. The zero-order valence-corrected chi connectivity index (χ0v) is 15.6. The van der Waals surface area contributed by atoms with Gasteiger partial charge in [0.05, 0.1) is 6.61 Å². The lowest BCUT2D eigenvalue weighted by Crippen LogP contribution is -2.13. The van der Waals surface area contributed by atoms with Crippen molar-refractivity contribution >= 4 is 17.6 Å². The molecule has 1 amide bonds. The molecule has 1 aromatic carbocycles. The van der Waals surface area contributed by atoms with Crippen molar-refractivity contribution in [3.63, 3.8) is 0 Å². The van der Waals surface area contributed by atoms with Crippen LogP contribution >= 0.6 is 0 Å². The smallest absolute Gasteiger partial charge is 0.355 e. The number of rotatable bonds is 6. The second-order valence-corrected chi connectivity index (χ2v) is 6.30. The normalized spacial score (nSPS) is 10.6. The molecule has 134 valence electrons. The number of aromatic amines is 1. The average molecular weight is 342 g/mol. The number of amides is 1. The van der Waals surface area contributed by atoms with Gasteiger partial charge in [-0.05, 0) is 75.4 Å². The molecular formula is C20H26N2O3. The van der Waals surface area contributed by atoms with Gasteiger partial charge in [-0.1, -0.05) is 6.07 Å². The lowest BCUT2D eigenvalue weighted by atomic mass is 10.0. The van der Waals surface area contributed by atoms with E-state index >= 15 is 0 Å². The van der Waals surface area contributed by atoms with Crippen LogP contribution in [0.5, 0.6) is 0 Å². The van der Waals surface area contributed by atoms with Crippen molar-refractivity contribution in [2.45, 2.75) is 47.5 Å². The van der Waals surface area contributed by atoms with E-state index in [4.69, 9.17) is 4.74 Å². The number of esters is 1. The zero-order valence-electron chi connectivity index (χ0n) is 15.6. The Balaban J connectivity index is 2.02. The first-order valence-electron chi connectivity index (χ1n) is 8.55. The number of carbonyl (C=O) groups excluding carboxylic acids is 2. The summed E-state index contributed by atoms with van der Waals surface area (Å²) in [6.07, 6.45) is 0.930. The molecule has 0 bridgehead atoms. The van der Waals surface area contributed by atoms with Crippen molar-refractivity contribution in [3.05, 3.63) is 51.8 Å². The zero-order chi connectivity index (χ0) is 18.6. The molecule has 25 heavy (non-hydrogen) atoms. The van der Waals surface area contributed by atoms with Gasteiger partial charge in [0.25, 0.3) is 0 Å². The van der Waals surface area contributed by atoms with Crippen molar-refractivity contribution in [1.29, 1.82) is 0 Å². The summed E-state index contributed by atoms with van der Waals surface area (Å²) < 4.78 is 5.05. The molecule has 1 aromatic heterocycles. The molecule has 5 nitrogen and oxygen atoms in total. The predicted octanol–water partition coefficient (Wildman–Crippen LogP) is 4.00. The van der Waals surface area contributed by atoms with Crippen molar-refractivity contribution in [2.75, 3.05) is 11.9 Å². The predicted molar refractivity (Wildman–Crippen MR) is 99.1 cm³/mol. The van der Waals surface area contributed by atoms with Crippen LogP contribution in [-0.2, 0) is 16.0 Å². The summed E-state index contributed by atoms with van der Waals surface area (Å²) in [7, 11) is 0. The molecule has 0 atom stereocenters. The second kappa shape index (κ2) is 8.01. The van der Waals surface area contributed by atoms with E-state index in [0.717, 1.165) is 28.1 Å². The van der Waals surface area contributed by atoms with Crippen LogP contribution in [-0.4, -0.2) is 23.5 Å². The maximum Gasteiger partial charge on any atom is 0.355 e. The molecule has 2 rings (SSSR count). The lowest BCUT2D eigenvalue weighted by Gasteiger charge is -2.08. The maximum atomic E-state index is 12.2. The van der Waals surface area contributed by atoms with Gasteiger partial charge in [-0.2, -0.15) is 0 Å². The van der Waals surface area contributed by atoms with Crippen LogP contribution in [0.2, 0.25) is 0 Å². The van der Waals surface area contributed by atoms with Gasteiger partial charge in [-0.15, -0.1) is 0 Å². The van der Waals surface area contributed by atoms with E-state index in [-0.39, 0.29) is 11.9 Å². The standard InChI is InChI=1S/C20H26N2O3/c1-6-25-20(24)19-14(4)17(15(5)21-19)9-10-18(23)22-16-8-7-12(2)13(3)11-16/h7-8,11,21H,6,9-10H2,1-5H3,(H,22,23). The number of aryl methyl sites for hydroxylation is 3. The molecule has 0 fully saturated rings. The minimum absolute atomic E-state index is 0.0408. The number of hydrogen-bond donors (Lipinski definition) is 2. The molecule has 0 radical (unpaired) electrons. The highest BCUT2D eigenvalue weighted by molar-refractivity contribution is 5.92. The molecule has 2 N–H and O–H groups in total. The first-order chi connectivity index (χ1) is 11.8. The van der Waals surface area contributed by atoms with E-state index in [1.54, 1.807) is 6.92 Å². The van der Waals surface area contributed by atoms with Gasteiger partial charge in [0.2, 0.25) is 5.91 Å². The minimum Gasteiger partial charge on any atom is -0.461 e. The Bertz CT molecular complexity index is 790. The Morgan fingerprint density at radius 1 is 1.12 bits per heavy atom. The van der Waals surface area contributed by atoms with Crippen LogP contribution in [0, 0.1) is 27.7 Å². The molecule has 0 saturated heterocycles. The third-order valence-electron chi connectivity index (χ3n) is 4.47. The Labute approximate surface area is 148 Å². The third kappa shape index (κ3) is 4.50. The number of H-pyrrole nitrogens is 1. The van der Waals surface area contributed by atoms with Crippen molar-refractivity contribution in [1.82, 2.24) is 4.98 Å². The van der Waals surface area contributed by atoms with E-state index in [1.165, 1.54) is 5.56 Å². The number of carbonyl (C=O) groups is 2.